The van der Waals surface area contributed by atoms with Gasteiger partial charge in [0.05, 0.1) is 5.69 Å². The third kappa shape index (κ3) is 1.83. The Kier molecular flexibility index (Phi) is 2.40. The average molecular weight is 223 g/mol. The van der Waals surface area contributed by atoms with Crippen molar-refractivity contribution in [2.24, 2.45) is 0 Å². The number of hydrogen-bond acceptors (Lipinski definition) is 1. The number of aryl methyl sites for hydroxylation is 2. The van der Waals surface area contributed by atoms with Gasteiger partial charge in [0.2, 0.25) is 0 Å². The molecule has 0 aliphatic carbocycles. The molecule has 1 aromatic heterocycles. The molecule has 15 heavy (non-hydrogen) atoms. The van der Waals surface area contributed by atoms with Crippen molar-refractivity contribution >= 4 is 11.6 Å². The second-order valence-corrected chi connectivity index (χ2v) is 3.96. The van der Waals surface area contributed by atoms with Crippen LogP contribution < -0.4 is 5.56 Å². The summed E-state index contributed by atoms with van der Waals surface area (Å²) < 4.78 is 1.74. The van der Waals surface area contributed by atoms with E-state index in [0.29, 0.717) is 5.02 Å². The van der Waals surface area contributed by atoms with Gasteiger partial charge in [-0.05, 0) is 31.5 Å². The maximum atomic E-state index is 11.2. The van der Waals surface area contributed by atoms with Gasteiger partial charge in [0, 0.05) is 16.8 Å². The molecule has 1 aromatic carbocycles. The summed E-state index contributed by atoms with van der Waals surface area (Å²) in [5.41, 5.74) is 2.73. The lowest BCUT2D eigenvalue weighted by Gasteiger charge is -2.09. The number of H-pyrrole nitrogens is 1. The summed E-state index contributed by atoms with van der Waals surface area (Å²) in [7, 11) is 0. The number of nitrogens with zero attached hydrogens (tertiary/aromatic N) is 1. The zero-order valence-corrected chi connectivity index (χ0v) is 9.30. The first-order chi connectivity index (χ1) is 7.08. The molecule has 0 atom stereocenters. The molecule has 0 saturated heterocycles. The van der Waals surface area contributed by atoms with E-state index in [1.165, 1.54) is 0 Å². The molecule has 1 N–H and O–H groups in total. The number of aromatic nitrogens is 2. The van der Waals surface area contributed by atoms with E-state index in [0.717, 1.165) is 16.9 Å². The fraction of sp³-hybridized carbons (Fsp3) is 0.182. The smallest absolute Gasteiger partial charge is 0.264 e. The average Bonchev–Trinajstić information content (AvgIpc) is 2.50. The van der Waals surface area contributed by atoms with Gasteiger partial charge in [-0.15, -0.1) is 0 Å². The van der Waals surface area contributed by atoms with Gasteiger partial charge in [-0.1, -0.05) is 17.7 Å². The summed E-state index contributed by atoms with van der Waals surface area (Å²) in [6, 6.07) is 7.15. The summed E-state index contributed by atoms with van der Waals surface area (Å²) >= 11 is 5.92. The molecule has 2 rings (SSSR count). The third-order valence-corrected chi connectivity index (χ3v) is 2.56. The molecule has 0 fully saturated rings. The second-order valence-electron chi connectivity index (χ2n) is 3.53. The van der Waals surface area contributed by atoms with Crippen molar-refractivity contribution < 1.29 is 0 Å². The van der Waals surface area contributed by atoms with Crippen LogP contribution in [0.5, 0.6) is 0 Å². The van der Waals surface area contributed by atoms with Gasteiger partial charge in [0.25, 0.3) is 5.56 Å². The topological polar surface area (TPSA) is 37.8 Å². The molecular weight excluding hydrogens is 212 g/mol. The Labute approximate surface area is 92.3 Å². The molecule has 0 radical (unpaired) electrons. The van der Waals surface area contributed by atoms with Crippen molar-refractivity contribution in [2.45, 2.75) is 13.8 Å². The van der Waals surface area contributed by atoms with E-state index in [1.54, 1.807) is 10.7 Å². The number of hydrogen-bond donors (Lipinski definition) is 1. The van der Waals surface area contributed by atoms with E-state index >= 15 is 0 Å². The van der Waals surface area contributed by atoms with E-state index in [2.05, 4.69) is 5.10 Å². The molecule has 78 valence electrons. The molecule has 3 nitrogen and oxygen atoms in total. The van der Waals surface area contributed by atoms with Crippen LogP contribution in [0.1, 0.15) is 11.3 Å². The summed E-state index contributed by atoms with van der Waals surface area (Å²) in [5.74, 6) is 0. The molecule has 1 heterocycles. The molecule has 4 heteroatoms. The van der Waals surface area contributed by atoms with Crippen molar-refractivity contribution in [3.8, 4) is 5.69 Å². The van der Waals surface area contributed by atoms with E-state index in [4.69, 9.17) is 11.6 Å². The first-order valence-electron chi connectivity index (χ1n) is 4.63. The minimum absolute atomic E-state index is 0.105. The van der Waals surface area contributed by atoms with Gasteiger partial charge in [0.1, 0.15) is 0 Å². The predicted octanol–water partition coefficient (Wildman–Crippen LogP) is 2.44. The Hall–Kier alpha value is -1.48. The van der Waals surface area contributed by atoms with Crippen molar-refractivity contribution in [1.29, 1.82) is 0 Å². The largest absolute Gasteiger partial charge is 0.268 e. The van der Waals surface area contributed by atoms with Crippen molar-refractivity contribution in [1.82, 2.24) is 9.78 Å². The number of nitrogens with one attached hydrogen (secondary N) is 1. The highest BCUT2D eigenvalue weighted by Crippen LogP contribution is 2.19. The van der Waals surface area contributed by atoms with Crippen molar-refractivity contribution in [2.75, 3.05) is 0 Å². The first kappa shape index (κ1) is 10.1. The molecule has 2 aromatic rings. The first-order valence-corrected chi connectivity index (χ1v) is 5.01. The fourth-order valence-electron chi connectivity index (χ4n) is 1.56. The lowest BCUT2D eigenvalue weighted by Crippen LogP contribution is -2.05. The van der Waals surface area contributed by atoms with Crippen LogP contribution in [-0.4, -0.2) is 9.78 Å². The maximum Gasteiger partial charge on any atom is 0.264 e. The molecule has 0 unspecified atom stereocenters. The minimum atomic E-state index is -0.105. The zero-order valence-electron chi connectivity index (χ0n) is 8.54. The van der Waals surface area contributed by atoms with Gasteiger partial charge in [-0.3, -0.25) is 14.6 Å². The number of halogens is 1. The molecule has 0 bridgehead atoms. The maximum absolute atomic E-state index is 11.2. The van der Waals surface area contributed by atoms with E-state index in [-0.39, 0.29) is 5.56 Å². The Morgan fingerprint density at radius 1 is 1.27 bits per heavy atom. The van der Waals surface area contributed by atoms with Crippen LogP contribution >= 0.6 is 11.6 Å². The molecule has 0 aliphatic heterocycles. The van der Waals surface area contributed by atoms with Crippen molar-refractivity contribution in [3.05, 3.63) is 50.9 Å². The quantitative estimate of drug-likeness (QED) is 0.791. The standard InChI is InChI=1S/C11H11ClN2O/c1-7-3-4-9(12)6-10(7)14-8(2)5-11(15)13-14/h3-6H,1-2H3,(H,13,15). The van der Waals surface area contributed by atoms with Gasteiger partial charge < -0.3 is 0 Å². The highest BCUT2D eigenvalue weighted by molar-refractivity contribution is 6.30. The fourth-order valence-corrected chi connectivity index (χ4v) is 1.72. The molecule has 0 amide bonds. The Balaban J connectivity index is 2.68. The summed E-state index contributed by atoms with van der Waals surface area (Å²) in [6.07, 6.45) is 0. The van der Waals surface area contributed by atoms with E-state index in [1.807, 2.05) is 32.0 Å². The van der Waals surface area contributed by atoms with Crippen LogP contribution in [0.25, 0.3) is 5.69 Å². The van der Waals surface area contributed by atoms with Gasteiger partial charge in [-0.25, -0.2) is 0 Å². The third-order valence-electron chi connectivity index (χ3n) is 2.33. The van der Waals surface area contributed by atoms with Crippen LogP contribution in [0.4, 0.5) is 0 Å². The van der Waals surface area contributed by atoms with Crippen LogP contribution in [0.3, 0.4) is 0 Å². The molecule has 0 spiro atoms. The van der Waals surface area contributed by atoms with Crippen LogP contribution in [0.2, 0.25) is 5.02 Å². The highest BCUT2D eigenvalue weighted by atomic mass is 35.5. The van der Waals surface area contributed by atoms with Gasteiger partial charge in [-0.2, -0.15) is 0 Å². The zero-order chi connectivity index (χ0) is 11.0. The Morgan fingerprint density at radius 2 is 2.00 bits per heavy atom. The van der Waals surface area contributed by atoms with Crippen LogP contribution in [-0.2, 0) is 0 Å². The number of benzene rings is 1. The van der Waals surface area contributed by atoms with Gasteiger partial charge in [0.15, 0.2) is 0 Å². The normalized spacial score (nSPS) is 10.6. The summed E-state index contributed by atoms with van der Waals surface area (Å²) in [5, 5.41) is 3.39. The monoisotopic (exact) mass is 222 g/mol. The van der Waals surface area contributed by atoms with E-state index < -0.39 is 0 Å². The van der Waals surface area contributed by atoms with Crippen molar-refractivity contribution in [3.63, 3.8) is 0 Å². The minimum Gasteiger partial charge on any atom is -0.268 e. The molecule has 0 saturated carbocycles. The number of rotatable bonds is 1. The summed E-state index contributed by atoms with van der Waals surface area (Å²) in [4.78, 5) is 11.2. The van der Waals surface area contributed by atoms with Gasteiger partial charge >= 0.3 is 0 Å². The lowest BCUT2D eigenvalue weighted by molar-refractivity contribution is 0.828. The number of aromatic amines is 1. The second kappa shape index (κ2) is 3.59. The Bertz CT molecular complexity index is 554. The Morgan fingerprint density at radius 3 is 2.60 bits per heavy atom. The predicted molar refractivity (Wildman–Crippen MR) is 60.9 cm³/mol. The van der Waals surface area contributed by atoms with Crippen LogP contribution in [0, 0.1) is 13.8 Å². The summed E-state index contributed by atoms with van der Waals surface area (Å²) in [6.45, 7) is 3.85. The van der Waals surface area contributed by atoms with E-state index in [9.17, 15) is 4.79 Å². The van der Waals surface area contributed by atoms with Crippen LogP contribution in [0.15, 0.2) is 29.1 Å². The lowest BCUT2D eigenvalue weighted by atomic mass is 10.2. The highest BCUT2D eigenvalue weighted by Gasteiger charge is 2.05. The SMILES string of the molecule is Cc1ccc(Cl)cc1-n1[nH]c(=O)cc1C. The molecular formula is C11H11ClN2O. The molecule has 0 aliphatic rings.